The zero-order valence-electron chi connectivity index (χ0n) is 22.2. The number of halogens is 1. The third kappa shape index (κ3) is 5.48. The Kier molecular flexibility index (Phi) is 7.32. The molecule has 1 atom stereocenters. The number of aryl methyl sites for hydroxylation is 2. The predicted octanol–water partition coefficient (Wildman–Crippen LogP) is 4.35. The van der Waals surface area contributed by atoms with Crippen molar-refractivity contribution in [1.82, 2.24) is 24.2 Å². The van der Waals surface area contributed by atoms with Crippen molar-refractivity contribution in [2.45, 2.75) is 57.3 Å². The zero-order chi connectivity index (χ0) is 27.6. The van der Waals surface area contributed by atoms with Gasteiger partial charge >= 0.3 is 5.97 Å². The SMILES string of the molecule is N#Cc1ccc(CCn2ccc(C3CCN(Cc4nc5ccc(C(=O)O)cc5n4C[C@@H]4CCO4)CC3)n2)c(F)c1. The lowest BCUT2D eigenvalue weighted by Crippen LogP contribution is -2.35. The van der Waals surface area contributed by atoms with E-state index in [1.165, 1.54) is 6.07 Å². The average molecular weight is 543 g/mol. The van der Waals surface area contributed by atoms with Crippen LogP contribution in [0.1, 0.15) is 58.2 Å². The maximum absolute atomic E-state index is 14.2. The van der Waals surface area contributed by atoms with Crippen molar-refractivity contribution in [3.63, 3.8) is 0 Å². The van der Waals surface area contributed by atoms with Gasteiger partial charge in [0.2, 0.25) is 0 Å². The van der Waals surface area contributed by atoms with E-state index in [0.717, 1.165) is 61.5 Å². The number of nitrogens with zero attached hydrogens (tertiary/aromatic N) is 6. The highest BCUT2D eigenvalue weighted by atomic mass is 19.1. The second-order valence-electron chi connectivity index (χ2n) is 10.7. The van der Waals surface area contributed by atoms with Crippen molar-refractivity contribution in [3.05, 3.63) is 82.7 Å². The Morgan fingerprint density at radius 3 is 2.67 bits per heavy atom. The summed E-state index contributed by atoms with van der Waals surface area (Å²) < 4.78 is 23.9. The van der Waals surface area contributed by atoms with E-state index in [2.05, 4.69) is 15.5 Å². The van der Waals surface area contributed by atoms with Gasteiger partial charge in [-0.2, -0.15) is 10.4 Å². The minimum absolute atomic E-state index is 0.138. The first kappa shape index (κ1) is 26.2. The molecule has 0 amide bonds. The van der Waals surface area contributed by atoms with Gasteiger partial charge in [0.15, 0.2) is 0 Å². The van der Waals surface area contributed by atoms with Crippen molar-refractivity contribution >= 4 is 17.0 Å². The molecular weight excluding hydrogens is 511 g/mol. The summed E-state index contributed by atoms with van der Waals surface area (Å²) in [5.74, 6) is 0.00663. The highest BCUT2D eigenvalue weighted by molar-refractivity contribution is 5.92. The molecule has 4 heterocycles. The molecule has 4 aromatic rings. The van der Waals surface area contributed by atoms with Crippen molar-refractivity contribution < 1.29 is 19.0 Å². The molecule has 1 N–H and O–H groups in total. The minimum Gasteiger partial charge on any atom is -0.478 e. The van der Waals surface area contributed by atoms with E-state index in [1.807, 2.05) is 16.9 Å². The lowest BCUT2D eigenvalue weighted by molar-refractivity contribution is -0.0592. The van der Waals surface area contributed by atoms with Gasteiger partial charge in [0.1, 0.15) is 11.6 Å². The molecule has 0 saturated carbocycles. The Balaban J connectivity index is 1.08. The molecule has 40 heavy (non-hydrogen) atoms. The molecule has 2 fully saturated rings. The molecule has 0 unspecified atom stereocenters. The molecule has 10 heteroatoms. The fraction of sp³-hybridized carbons (Fsp3) is 0.400. The highest BCUT2D eigenvalue weighted by Gasteiger charge is 2.26. The standard InChI is InChI=1S/C30H31FN6O3/c31-25-15-20(17-32)1-2-21(25)7-12-36-13-8-26(34-36)22-5-10-35(11-6-22)19-29-33-27-4-3-23(30(38)39)16-28(27)37(29)18-24-9-14-40-24/h1-4,8,13,15-16,22,24H,5-7,9-12,14,18-19H2,(H,38,39)/t24-/m0/s1. The van der Waals surface area contributed by atoms with Crippen LogP contribution in [-0.2, 0) is 30.8 Å². The number of nitriles is 1. The maximum Gasteiger partial charge on any atom is 0.335 e. The Hall–Kier alpha value is -4.07. The molecule has 0 radical (unpaired) electrons. The first-order chi connectivity index (χ1) is 19.5. The lowest BCUT2D eigenvalue weighted by Gasteiger charge is -2.32. The van der Waals surface area contributed by atoms with Crippen LogP contribution in [0.25, 0.3) is 11.0 Å². The predicted molar refractivity (Wildman–Crippen MR) is 145 cm³/mol. The van der Waals surface area contributed by atoms with Crippen LogP contribution in [0.2, 0.25) is 0 Å². The van der Waals surface area contributed by atoms with Gasteiger partial charge in [-0.15, -0.1) is 0 Å². The van der Waals surface area contributed by atoms with E-state index in [0.29, 0.717) is 43.1 Å². The van der Waals surface area contributed by atoms with Crippen LogP contribution in [0.3, 0.4) is 0 Å². The molecule has 2 saturated heterocycles. The van der Waals surface area contributed by atoms with Crippen molar-refractivity contribution in [2.75, 3.05) is 19.7 Å². The second-order valence-corrected chi connectivity index (χ2v) is 10.7. The van der Waals surface area contributed by atoms with E-state index < -0.39 is 5.97 Å². The number of hydrogen-bond donors (Lipinski definition) is 1. The third-order valence-corrected chi connectivity index (χ3v) is 8.08. The van der Waals surface area contributed by atoms with E-state index >= 15 is 0 Å². The number of imidazole rings is 1. The molecule has 0 aliphatic carbocycles. The summed E-state index contributed by atoms with van der Waals surface area (Å²) in [7, 11) is 0. The summed E-state index contributed by atoms with van der Waals surface area (Å²) in [6.45, 7) is 4.54. The van der Waals surface area contributed by atoms with Gasteiger partial charge in [-0.1, -0.05) is 6.07 Å². The Labute approximate surface area is 231 Å². The summed E-state index contributed by atoms with van der Waals surface area (Å²) in [4.78, 5) is 18.8. The molecule has 206 valence electrons. The number of carboxylic acid groups (broad SMARTS) is 1. The number of likely N-dealkylation sites (tertiary alicyclic amines) is 1. The number of hydrogen-bond acceptors (Lipinski definition) is 6. The Morgan fingerprint density at radius 1 is 1.15 bits per heavy atom. The normalized spacial score (nSPS) is 18.1. The Morgan fingerprint density at radius 2 is 1.98 bits per heavy atom. The van der Waals surface area contributed by atoms with Crippen LogP contribution in [-0.4, -0.2) is 61.1 Å². The minimum atomic E-state index is -0.943. The molecule has 2 aliphatic heterocycles. The van der Waals surface area contributed by atoms with Gasteiger partial charge in [0.05, 0.1) is 53.1 Å². The number of rotatable bonds is 9. The molecule has 2 aromatic heterocycles. The number of aromatic carboxylic acids is 1. The van der Waals surface area contributed by atoms with Gasteiger partial charge in [-0.3, -0.25) is 9.58 Å². The number of fused-ring (bicyclic) bond motifs is 1. The number of carboxylic acids is 1. The van der Waals surface area contributed by atoms with Crippen LogP contribution in [0, 0.1) is 17.1 Å². The number of ether oxygens (including phenoxy) is 1. The monoisotopic (exact) mass is 542 g/mol. The van der Waals surface area contributed by atoms with Gasteiger partial charge in [-0.25, -0.2) is 14.2 Å². The molecule has 2 aliphatic rings. The van der Waals surface area contributed by atoms with Crippen LogP contribution < -0.4 is 0 Å². The molecule has 9 nitrogen and oxygen atoms in total. The van der Waals surface area contributed by atoms with Gasteiger partial charge in [0.25, 0.3) is 0 Å². The number of piperidine rings is 1. The number of carbonyl (C=O) groups is 1. The topological polar surface area (TPSA) is 109 Å². The van der Waals surface area contributed by atoms with Crippen molar-refractivity contribution in [3.8, 4) is 6.07 Å². The van der Waals surface area contributed by atoms with E-state index in [-0.39, 0.29) is 17.5 Å². The summed E-state index contributed by atoms with van der Waals surface area (Å²) in [5.41, 5.74) is 3.88. The van der Waals surface area contributed by atoms with Crippen molar-refractivity contribution in [1.29, 1.82) is 5.26 Å². The van der Waals surface area contributed by atoms with Crippen LogP contribution in [0.4, 0.5) is 4.39 Å². The quantitative estimate of drug-likeness (QED) is 0.335. The first-order valence-electron chi connectivity index (χ1n) is 13.7. The molecule has 2 aromatic carbocycles. The van der Waals surface area contributed by atoms with E-state index in [4.69, 9.17) is 20.1 Å². The van der Waals surface area contributed by atoms with Gasteiger partial charge < -0.3 is 14.4 Å². The molecule has 0 bridgehead atoms. The van der Waals surface area contributed by atoms with E-state index in [1.54, 1.807) is 30.3 Å². The molecule has 6 rings (SSSR count). The summed E-state index contributed by atoms with van der Waals surface area (Å²) >= 11 is 0. The Bertz CT molecular complexity index is 1580. The zero-order valence-corrected chi connectivity index (χ0v) is 22.2. The summed E-state index contributed by atoms with van der Waals surface area (Å²) in [6.07, 6.45) is 5.57. The molecule has 0 spiro atoms. The maximum atomic E-state index is 14.2. The van der Waals surface area contributed by atoms with Crippen LogP contribution >= 0.6 is 0 Å². The fourth-order valence-electron chi connectivity index (χ4n) is 5.62. The third-order valence-electron chi connectivity index (χ3n) is 8.08. The largest absolute Gasteiger partial charge is 0.478 e. The van der Waals surface area contributed by atoms with Crippen LogP contribution in [0.5, 0.6) is 0 Å². The lowest BCUT2D eigenvalue weighted by atomic mass is 9.94. The average Bonchev–Trinajstić information content (AvgIpc) is 3.54. The second kappa shape index (κ2) is 11.2. The molecular formula is C30H31FN6O3. The van der Waals surface area contributed by atoms with E-state index in [9.17, 15) is 14.3 Å². The van der Waals surface area contributed by atoms with Gasteiger partial charge in [-0.05, 0) is 80.7 Å². The summed E-state index contributed by atoms with van der Waals surface area (Å²) in [5, 5.41) is 23.2. The highest BCUT2D eigenvalue weighted by Crippen LogP contribution is 2.29. The van der Waals surface area contributed by atoms with Gasteiger partial charge in [0, 0.05) is 25.3 Å². The smallest absolute Gasteiger partial charge is 0.335 e. The number of benzene rings is 2. The first-order valence-corrected chi connectivity index (χ1v) is 13.7. The summed E-state index contributed by atoms with van der Waals surface area (Å²) in [6, 6.07) is 13.7. The fourth-order valence-corrected chi connectivity index (χ4v) is 5.62. The van der Waals surface area contributed by atoms with Crippen LogP contribution in [0.15, 0.2) is 48.7 Å². The number of aromatic nitrogens is 4. The van der Waals surface area contributed by atoms with Crippen molar-refractivity contribution in [2.24, 2.45) is 0 Å².